The molecule has 4 rings (SSSR count). The van der Waals surface area contributed by atoms with E-state index in [0.717, 1.165) is 53.9 Å². The number of fused-ring (bicyclic) bond motifs is 1. The number of hydrogen-bond acceptors (Lipinski definition) is 3. The van der Waals surface area contributed by atoms with Crippen LogP contribution in [0.15, 0.2) is 55.4 Å². The third-order valence-corrected chi connectivity index (χ3v) is 5.05. The summed E-state index contributed by atoms with van der Waals surface area (Å²) in [6.45, 7) is 5.93. The molecule has 3 aromatic rings. The van der Waals surface area contributed by atoms with Crippen molar-refractivity contribution in [3.63, 3.8) is 0 Å². The Balaban J connectivity index is 1.64. The Morgan fingerprint density at radius 1 is 1.16 bits per heavy atom. The van der Waals surface area contributed by atoms with E-state index >= 15 is 0 Å². The molecule has 1 aliphatic heterocycles. The molecule has 25 heavy (non-hydrogen) atoms. The van der Waals surface area contributed by atoms with Gasteiger partial charge in [-0.3, -0.25) is 4.57 Å². The highest BCUT2D eigenvalue weighted by atomic mass is 35.5. The van der Waals surface area contributed by atoms with Gasteiger partial charge in [-0.05, 0) is 48.7 Å². The van der Waals surface area contributed by atoms with Gasteiger partial charge in [0.25, 0.3) is 0 Å². The molecule has 1 aliphatic rings. The van der Waals surface area contributed by atoms with E-state index in [0.29, 0.717) is 5.02 Å². The second kappa shape index (κ2) is 6.54. The van der Waals surface area contributed by atoms with Gasteiger partial charge in [0, 0.05) is 29.5 Å². The molecule has 5 heteroatoms. The zero-order valence-electron chi connectivity index (χ0n) is 13.9. The maximum absolute atomic E-state index is 9.67. The fraction of sp³-hybridized carbons (Fsp3) is 0.250. The van der Waals surface area contributed by atoms with Crippen molar-refractivity contribution in [2.75, 3.05) is 13.1 Å². The smallest absolute Gasteiger partial charge is 0.100 e. The van der Waals surface area contributed by atoms with Crippen molar-refractivity contribution < 1.29 is 5.11 Å². The molecule has 1 N–H and O–H groups in total. The Morgan fingerprint density at radius 3 is 2.72 bits per heavy atom. The lowest BCUT2D eigenvalue weighted by molar-refractivity contribution is 0.106. The minimum Gasteiger partial charge on any atom is -0.393 e. The molecule has 1 saturated heterocycles. The number of likely N-dealkylation sites (tertiary alicyclic amines) is 1. The number of hydrogen-bond donors (Lipinski definition) is 1. The Morgan fingerprint density at radius 2 is 1.96 bits per heavy atom. The first kappa shape index (κ1) is 16.2. The summed E-state index contributed by atoms with van der Waals surface area (Å²) in [6, 6.07) is 14.0. The van der Waals surface area contributed by atoms with Crippen LogP contribution in [0.5, 0.6) is 0 Å². The van der Waals surface area contributed by atoms with Crippen molar-refractivity contribution in [1.29, 1.82) is 0 Å². The lowest BCUT2D eigenvalue weighted by atomic mass is 10.0. The van der Waals surface area contributed by atoms with Crippen LogP contribution in [0.2, 0.25) is 5.02 Å². The number of aliphatic hydroxyl groups excluding tert-OH is 1. The molecule has 2 aromatic carbocycles. The fourth-order valence-electron chi connectivity index (χ4n) is 3.34. The second-order valence-electron chi connectivity index (χ2n) is 6.46. The average Bonchev–Trinajstić information content (AvgIpc) is 3.05. The molecule has 1 aromatic heterocycles. The summed E-state index contributed by atoms with van der Waals surface area (Å²) in [5.41, 5.74) is 5.02. The SMILES string of the molecule is C=C(c1ccc2c(c1)ncn2-c1cccc(Cl)c1)N1CCC(O)CC1. The van der Waals surface area contributed by atoms with E-state index < -0.39 is 0 Å². The number of aromatic nitrogens is 2. The molecule has 0 unspecified atom stereocenters. The summed E-state index contributed by atoms with van der Waals surface area (Å²) in [5.74, 6) is 0. The monoisotopic (exact) mass is 353 g/mol. The molecule has 0 atom stereocenters. The molecule has 0 amide bonds. The van der Waals surface area contributed by atoms with Crippen LogP contribution in [-0.2, 0) is 0 Å². The van der Waals surface area contributed by atoms with Gasteiger partial charge in [-0.25, -0.2) is 4.98 Å². The first-order valence-electron chi connectivity index (χ1n) is 8.47. The van der Waals surface area contributed by atoms with E-state index in [9.17, 15) is 5.11 Å². The third kappa shape index (κ3) is 3.15. The van der Waals surface area contributed by atoms with Crippen LogP contribution in [0.1, 0.15) is 18.4 Å². The highest BCUT2D eigenvalue weighted by Crippen LogP contribution is 2.26. The van der Waals surface area contributed by atoms with Crippen LogP contribution >= 0.6 is 11.6 Å². The van der Waals surface area contributed by atoms with E-state index in [-0.39, 0.29) is 6.10 Å². The first-order valence-corrected chi connectivity index (χ1v) is 8.85. The molecular weight excluding hydrogens is 334 g/mol. The van der Waals surface area contributed by atoms with E-state index in [2.05, 4.69) is 34.7 Å². The normalized spacial score (nSPS) is 15.7. The fourth-order valence-corrected chi connectivity index (χ4v) is 3.53. The Kier molecular flexibility index (Phi) is 4.24. The van der Waals surface area contributed by atoms with Crippen LogP contribution in [0.4, 0.5) is 0 Å². The van der Waals surface area contributed by atoms with Crippen LogP contribution in [0.25, 0.3) is 22.4 Å². The van der Waals surface area contributed by atoms with Crippen molar-refractivity contribution in [3.05, 3.63) is 66.0 Å². The van der Waals surface area contributed by atoms with Crippen LogP contribution in [0, 0.1) is 0 Å². The molecule has 0 saturated carbocycles. The quantitative estimate of drug-likeness (QED) is 0.770. The predicted octanol–water partition coefficient (Wildman–Crippen LogP) is 4.11. The molecule has 0 bridgehead atoms. The van der Waals surface area contributed by atoms with E-state index in [4.69, 9.17) is 11.6 Å². The van der Waals surface area contributed by atoms with Gasteiger partial charge in [0.15, 0.2) is 0 Å². The highest BCUT2D eigenvalue weighted by Gasteiger charge is 2.19. The topological polar surface area (TPSA) is 41.3 Å². The molecule has 1 fully saturated rings. The van der Waals surface area contributed by atoms with Gasteiger partial charge in [-0.1, -0.05) is 30.3 Å². The molecule has 0 radical (unpaired) electrons. The van der Waals surface area contributed by atoms with Crippen LogP contribution < -0.4 is 0 Å². The molecular formula is C20H20ClN3O. The summed E-state index contributed by atoms with van der Waals surface area (Å²) in [6.07, 6.45) is 3.23. The number of aliphatic hydroxyl groups is 1. The van der Waals surface area contributed by atoms with Gasteiger partial charge < -0.3 is 10.0 Å². The number of imidazole rings is 1. The summed E-state index contributed by atoms with van der Waals surface area (Å²) >= 11 is 6.11. The molecule has 128 valence electrons. The Bertz CT molecular complexity index is 926. The number of halogens is 1. The van der Waals surface area contributed by atoms with E-state index in [1.165, 1.54) is 0 Å². The van der Waals surface area contributed by atoms with Gasteiger partial charge in [0.05, 0.1) is 17.1 Å². The van der Waals surface area contributed by atoms with Crippen molar-refractivity contribution in [3.8, 4) is 5.69 Å². The highest BCUT2D eigenvalue weighted by molar-refractivity contribution is 6.30. The number of piperidine rings is 1. The van der Waals surface area contributed by atoms with Crippen LogP contribution in [0.3, 0.4) is 0 Å². The van der Waals surface area contributed by atoms with Gasteiger partial charge >= 0.3 is 0 Å². The zero-order chi connectivity index (χ0) is 17.4. The number of benzene rings is 2. The number of nitrogens with zero attached hydrogens (tertiary/aromatic N) is 3. The second-order valence-corrected chi connectivity index (χ2v) is 6.90. The van der Waals surface area contributed by atoms with Crippen molar-refractivity contribution in [2.45, 2.75) is 18.9 Å². The minimum atomic E-state index is -0.181. The maximum Gasteiger partial charge on any atom is 0.100 e. The third-order valence-electron chi connectivity index (χ3n) is 4.81. The Labute approximate surface area is 152 Å². The first-order chi connectivity index (χ1) is 12.1. The largest absolute Gasteiger partial charge is 0.393 e. The minimum absolute atomic E-state index is 0.181. The van der Waals surface area contributed by atoms with Crippen molar-refractivity contribution >= 4 is 28.3 Å². The lowest BCUT2D eigenvalue weighted by Crippen LogP contribution is -2.34. The standard InChI is InChI=1S/C20H20ClN3O/c1-14(23-9-7-18(25)8-10-23)15-5-6-20-19(11-15)22-13-24(20)17-4-2-3-16(21)12-17/h2-6,11-13,18,25H,1,7-10H2. The average molecular weight is 354 g/mol. The maximum atomic E-state index is 9.67. The van der Waals surface area contributed by atoms with E-state index in [1.807, 2.05) is 35.2 Å². The van der Waals surface area contributed by atoms with Crippen LogP contribution in [-0.4, -0.2) is 38.8 Å². The number of rotatable bonds is 3. The summed E-state index contributed by atoms with van der Waals surface area (Å²) in [5, 5.41) is 10.4. The van der Waals surface area contributed by atoms with Crippen molar-refractivity contribution in [2.24, 2.45) is 0 Å². The van der Waals surface area contributed by atoms with Gasteiger partial charge in [0.1, 0.15) is 6.33 Å². The Hall–Kier alpha value is -2.30. The molecule has 0 spiro atoms. The van der Waals surface area contributed by atoms with E-state index in [1.54, 1.807) is 0 Å². The van der Waals surface area contributed by atoms with Gasteiger partial charge in [0.2, 0.25) is 0 Å². The lowest BCUT2D eigenvalue weighted by Gasteiger charge is -2.33. The molecule has 0 aliphatic carbocycles. The summed E-state index contributed by atoms with van der Waals surface area (Å²) in [7, 11) is 0. The molecule has 4 nitrogen and oxygen atoms in total. The van der Waals surface area contributed by atoms with Gasteiger partial charge in [-0.15, -0.1) is 0 Å². The van der Waals surface area contributed by atoms with Crippen molar-refractivity contribution in [1.82, 2.24) is 14.5 Å². The van der Waals surface area contributed by atoms with Gasteiger partial charge in [-0.2, -0.15) is 0 Å². The zero-order valence-corrected chi connectivity index (χ0v) is 14.7. The summed E-state index contributed by atoms with van der Waals surface area (Å²) in [4.78, 5) is 6.78. The summed E-state index contributed by atoms with van der Waals surface area (Å²) < 4.78 is 2.03. The molecule has 2 heterocycles. The predicted molar refractivity (Wildman–Crippen MR) is 102 cm³/mol.